The molecule has 128 valence electrons. The van der Waals surface area contributed by atoms with Crippen LogP contribution in [0.15, 0.2) is 54.6 Å². The smallest absolute Gasteiger partial charge is 0.260 e. The van der Waals surface area contributed by atoms with Gasteiger partial charge in [0, 0.05) is 12.6 Å². The van der Waals surface area contributed by atoms with Gasteiger partial charge in [-0.05, 0) is 29.8 Å². The summed E-state index contributed by atoms with van der Waals surface area (Å²) in [6.07, 6.45) is 0.689. The van der Waals surface area contributed by atoms with Crippen molar-refractivity contribution in [1.29, 1.82) is 0 Å². The Morgan fingerprint density at radius 3 is 2.32 bits per heavy atom. The van der Waals surface area contributed by atoms with Crippen LogP contribution in [0.5, 0.6) is 5.75 Å². The first-order valence-electron chi connectivity index (χ1n) is 7.82. The summed E-state index contributed by atoms with van der Waals surface area (Å²) in [4.78, 5) is 38.0. The molecule has 1 aliphatic rings. The van der Waals surface area contributed by atoms with E-state index < -0.39 is 11.6 Å². The van der Waals surface area contributed by atoms with E-state index in [1.807, 2.05) is 6.07 Å². The lowest BCUT2D eigenvalue weighted by atomic mass is 9.73. The maximum Gasteiger partial charge on any atom is 0.260 e. The second-order valence-corrected chi connectivity index (χ2v) is 5.81. The SMILES string of the molecule is COc1ccc(N2C(=O)[C@](NC(C)=O)(c3ccccc3)[C@H]2C=O)cc1. The summed E-state index contributed by atoms with van der Waals surface area (Å²) >= 11 is 0. The number of hydrogen-bond donors (Lipinski definition) is 1. The fraction of sp³-hybridized carbons (Fsp3) is 0.211. The van der Waals surface area contributed by atoms with Crippen LogP contribution in [0, 0.1) is 0 Å². The van der Waals surface area contributed by atoms with Crippen LogP contribution in [0.1, 0.15) is 12.5 Å². The molecule has 0 unspecified atom stereocenters. The van der Waals surface area contributed by atoms with Crippen molar-refractivity contribution in [3.05, 3.63) is 60.2 Å². The largest absolute Gasteiger partial charge is 0.497 e. The van der Waals surface area contributed by atoms with Crippen LogP contribution in [-0.2, 0) is 19.9 Å². The molecule has 3 rings (SSSR count). The van der Waals surface area contributed by atoms with Crippen molar-refractivity contribution < 1.29 is 19.1 Å². The lowest BCUT2D eigenvalue weighted by Gasteiger charge is -2.53. The molecular formula is C19H18N2O4. The number of benzene rings is 2. The number of nitrogens with zero attached hydrogens (tertiary/aromatic N) is 1. The van der Waals surface area contributed by atoms with E-state index in [2.05, 4.69) is 5.32 Å². The Bertz CT molecular complexity index is 804. The highest BCUT2D eigenvalue weighted by Crippen LogP contribution is 2.42. The van der Waals surface area contributed by atoms with Crippen molar-refractivity contribution >= 4 is 23.8 Å². The first kappa shape index (κ1) is 16.7. The second-order valence-electron chi connectivity index (χ2n) is 5.81. The third-order valence-electron chi connectivity index (χ3n) is 4.36. The van der Waals surface area contributed by atoms with Crippen molar-refractivity contribution in [1.82, 2.24) is 5.32 Å². The minimum atomic E-state index is -1.38. The van der Waals surface area contributed by atoms with Gasteiger partial charge >= 0.3 is 0 Å². The molecule has 1 saturated heterocycles. The number of aldehydes is 1. The summed E-state index contributed by atoms with van der Waals surface area (Å²) in [7, 11) is 1.55. The quantitative estimate of drug-likeness (QED) is 0.664. The molecule has 1 aliphatic heterocycles. The summed E-state index contributed by atoms with van der Waals surface area (Å²) in [5.41, 5.74) is -0.230. The molecule has 0 aliphatic carbocycles. The molecule has 1 N–H and O–H groups in total. The highest BCUT2D eigenvalue weighted by Gasteiger charge is 2.63. The molecule has 25 heavy (non-hydrogen) atoms. The number of carbonyl (C=O) groups is 3. The molecule has 2 aromatic rings. The number of ether oxygens (including phenoxy) is 1. The van der Waals surface area contributed by atoms with Gasteiger partial charge in [0.05, 0.1) is 7.11 Å². The molecule has 2 atom stereocenters. The zero-order valence-corrected chi connectivity index (χ0v) is 13.9. The van der Waals surface area contributed by atoms with Crippen LogP contribution in [0.2, 0.25) is 0 Å². The monoisotopic (exact) mass is 338 g/mol. The van der Waals surface area contributed by atoms with Gasteiger partial charge in [0.1, 0.15) is 18.1 Å². The third-order valence-corrected chi connectivity index (χ3v) is 4.36. The Morgan fingerprint density at radius 1 is 1.16 bits per heavy atom. The van der Waals surface area contributed by atoms with Crippen LogP contribution in [0.3, 0.4) is 0 Å². The predicted molar refractivity (Wildman–Crippen MR) is 92.3 cm³/mol. The molecule has 2 aromatic carbocycles. The van der Waals surface area contributed by atoms with E-state index in [-0.39, 0.29) is 11.8 Å². The van der Waals surface area contributed by atoms with E-state index in [0.29, 0.717) is 23.3 Å². The summed E-state index contributed by atoms with van der Waals surface area (Å²) < 4.78 is 5.11. The zero-order chi connectivity index (χ0) is 18.0. The Labute approximate surface area is 145 Å². The van der Waals surface area contributed by atoms with Gasteiger partial charge in [-0.3, -0.25) is 14.5 Å². The molecule has 0 aromatic heterocycles. The lowest BCUT2D eigenvalue weighted by molar-refractivity contribution is -0.142. The predicted octanol–water partition coefficient (Wildman–Crippen LogP) is 1.64. The van der Waals surface area contributed by atoms with Crippen LogP contribution < -0.4 is 15.0 Å². The van der Waals surface area contributed by atoms with E-state index in [9.17, 15) is 14.4 Å². The van der Waals surface area contributed by atoms with Crippen molar-refractivity contribution in [2.24, 2.45) is 0 Å². The number of amides is 2. The normalized spacial score (nSPS) is 22.1. The van der Waals surface area contributed by atoms with E-state index in [1.54, 1.807) is 55.6 Å². The lowest BCUT2D eigenvalue weighted by Crippen LogP contribution is -2.78. The summed E-state index contributed by atoms with van der Waals surface area (Å²) in [5.74, 6) is -0.0786. The van der Waals surface area contributed by atoms with Gasteiger partial charge in [-0.15, -0.1) is 0 Å². The topological polar surface area (TPSA) is 75.7 Å². The van der Waals surface area contributed by atoms with E-state index >= 15 is 0 Å². The van der Waals surface area contributed by atoms with Crippen LogP contribution in [0.4, 0.5) is 5.69 Å². The number of carbonyl (C=O) groups excluding carboxylic acids is 3. The van der Waals surface area contributed by atoms with Crippen LogP contribution in [0.25, 0.3) is 0 Å². The van der Waals surface area contributed by atoms with Gasteiger partial charge in [-0.25, -0.2) is 0 Å². The van der Waals surface area contributed by atoms with E-state index in [0.717, 1.165) is 0 Å². The molecule has 1 fully saturated rings. The molecule has 6 heteroatoms. The van der Waals surface area contributed by atoms with Gasteiger partial charge in [-0.1, -0.05) is 30.3 Å². The van der Waals surface area contributed by atoms with Crippen molar-refractivity contribution in [2.75, 3.05) is 12.0 Å². The summed E-state index contributed by atoms with van der Waals surface area (Å²) in [5, 5.41) is 2.70. The number of nitrogens with one attached hydrogen (secondary N) is 1. The minimum absolute atomic E-state index is 0.351. The molecule has 0 bridgehead atoms. The Morgan fingerprint density at radius 2 is 1.80 bits per heavy atom. The summed E-state index contributed by atoms with van der Waals surface area (Å²) in [6, 6.07) is 14.8. The number of hydrogen-bond acceptors (Lipinski definition) is 4. The minimum Gasteiger partial charge on any atom is -0.497 e. The van der Waals surface area contributed by atoms with Crippen molar-refractivity contribution in [2.45, 2.75) is 18.5 Å². The molecule has 0 radical (unpaired) electrons. The maximum absolute atomic E-state index is 13.1. The van der Waals surface area contributed by atoms with Gasteiger partial charge in [0.25, 0.3) is 5.91 Å². The molecule has 0 spiro atoms. The number of anilines is 1. The van der Waals surface area contributed by atoms with E-state index in [1.165, 1.54) is 11.8 Å². The highest BCUT2D eigenvalue weighted by molar-refractivity contribution is 6.15. The Kier molecular flexibility index (Phi) is 4.27. The average Bonchev–Trinajstić information content (AvgIpc) is 2.64. The molecule has 1 heterocycles. The molecule has 0 saturated carbocycles. The number of methoxy groups -OCH3 is 1. The number of rotatable bonds is 5. The fourth-order valence-electron chi connectivity index (χ4n) is 3.23. The molecular weight excluding hydrogens is 320 g/mol. The van der Waals surface area contributed by atoms with Crippen molar-refractivity contribution in [3.8, 4) is 5.75 Å². The standard InChI is InChI=1S/C19H18N2O4/c1-13(23)20-19(14-6-4-3-5-7-14)17(12-22)21(18(19)24)15-8-10-16(25-2)11-9-15/h3-12,17H,1-2H3,(H,20,23)/t17-,19+/m1/s1. The highest BCUT2D eigenvalue weighted by atomic mass is 16.5. The third kappa shape index (κ3) is 2.55. The van der Waals surface area contributed by atoms with Gasteiger partial charge in [0.2, 0.25) is 5.91 Å². The maximum atomic E-state index is 13.1. The first-order valence-corrected chi connectivity index (χ1v) is 7.82. The average molecular weight is 338 g/mol. The van der Waals surface area contributed by atoms with Gasteiger partial charge in [0.15, 0.2) is 5.54 Å². The van der Waals surface area contributed by atoms with Crippen molar-refractivity contribution in [3.63, 3.8) is 0 Å². The fourth-order valence-corrected chi connectivity index (χ4v) is 3.23. The number of β-lactam (4-membered cyclic amide) rings is 1. The van der Waals surface area contributed by atoms with Crippen LogP contribution in [-0.4, -0.2) is 31.3 Å². The van der Waals surface area contributed by atoms with Gasteiger partial charge < -0.3 is 14.8 Å². The molecule has 2 amide bonds. The zero-order valence-electron chi connectivity index (χ0n) is 13.9. The van der Waals surface area contributed by atoms with Crippen LogP contribution >= 0.6 is 0 Å². The first-order chi connectivity index (χ1) is 12.0. The summed E-state index contributed by atoms with van der Waals surface area (Å²) in [6.45, 7) is 1.33. The Hall–Kier alpha value is -3.15. The van der Waals surface area contributed by atoms with Gasteiger partial charge in [-0.2, -0.15) is 0 Å². The van der Waals surface area contributed by atoms with E-state index in [4.69, 9.17) is 4.74 Å². The second kappa shape index (κ2) is 6.39. The Balaban J connectivity index is 2.04. The molecule has 6 nitrogen and oxygen atoms in total.